The number of carbonyl (C=O) groups excluding carboxylic acids is 1. The number of hydrogen-bond acceptors (Lipinski definition) is 2. The van der Waals surface area contributed by atoms with Gasteiger partial charge in [-0.2, -0.15) is 0 Å². The molecule has 0 spiro atoms. The zero-order valence-electron chi connectivity index (χ0n) is 13.5. The first kappa shape index (κ1) is 17.5. The smallest absolute Gasteiger partial charge is 0.220 e. The summed E-state index contributed by atoms with van der Waals surface area (Å²) in [5.41, 5.74) is 6.06. The van der Waals surface area contributed by atoms with Crippen LogP contribution < -0.4 is 11.1 Å². The van der Waals surface area contributed by atoms with Crippen LogP contribution in [0.2, 0.25) is 0 Å². The van der Waals surface area contributed by atoms with Gasteiger partial charge in [-0.15, -0.1) is 0 Å². The Hall–Kier alpha value is -0.570. The van der Waals surface area contributed by atoms with Gasteiger partial charge in [-0.25, -0.2) is 0 Å². The maximum absolute atomic E-state index is 12.4. The van der Waals surface area contributed by atoms with E-state index in [2.05, 4.69) is 19.2 Å². The normalized spacial score (nSPS) is 19.6. The van der Waals surface area contributed by atoms with E-state index in [0.717, 1.165) is 32.1 Å². The molecule has 1 amide bonds. The van der Waals surface area contributed by atoms with Crippen molar-refractivity contribution in [2.75, 3.05) is 6.54 Å². The minimum atomic E-state index is 0.0872. The van der Waals surface area contributed by atoms with E-state index in [1.807, 2.05) is 0 Å². The Morgan fingerprint density at radius 2 is 1.85 bits per heavy atom. The number of rotatable bonds is 9. The lowest BCUT2D eigenvalue weighted by Gasteiger charge is -2.36. The van der Waals surface area contributed by atoms with Crippen LogP contribution in [-0.2, 0) is 4.79 Å². The SMILES string of the molecule is CCCCC(CCC)NC(=O)CC1(CN)CCCCC1. The molecule has 0 aromatic heterocycles. The van der Waals surface area contributed by atoms with Crippen molar-refractivity contribution in [2.45, 2.75) is 90.5 Å². The van der Waals surface area contributed by atoms with E-state index in [1.54, 1.807) is 0 Å². The van der Waals surface area contributed by atoms with Gasteiger partial charge >= 0.3 is 0 Å². The quantitative estimate of drug-likeness (QED) is 0.676. The molecule has 1 fully saturated rings. The number of hydrogen-bond donors (Lipinski definition) is 2. The van der Waals surface area contributed by atoms with Crippen LogP contribution in [0.4, 0.5) is 0 Å². The summed E-state index contributed by atoms with van der Waals surface area (Å²) in [5, 5.41) is 3.26. The van der Waals surface area contributed by atoms with Crippen molar-refractivity contribution in [1.29, 1.82) is 0 Å². The lowest BCUT2D eigenvalue weighted by molar-refractivity contribution is -0.124. The van der Waals surface area contributed by atoms with Gasteiger partial charge < -0.3 is 11.1 Å². The minimum Gasteiger partial charge on any atom is -0.353 e. The lowest BCUT2D eigenvalue weighted by atomic mass is 9.71. The molecule has 1 aliphatic rings. The lowest BCUT2D eigenvalue weighted by Crippen LogP contribution is -2.41. The molecule has 0 aromatic carbocycles. The average molecular weight is 282 g/mol. The van der Waals surface area contributed by atoms with Crippen LogP contribution in [0.3, 0.4) is 0 Å². The molecule has 1 unspecified atom stereocenters. The molecule has 0 aromatic rings. The van der Waals surface area contributed by atoms with E-state index in [4.69, 9.17) is 5.73 Å². The van der Waals surface area contributed by atoms with Gasteiger partial charge in [0.05, 0.1) is 0 Å². The third-order valence-corrected chi connectivity index (χ3v) is 4.79. The van der Waals surface area contributed by atoms with Gasteiger partial charge in [-0.3, -0.25) is 4.79 Å². The fourth-order valence-electron chi connectivity index (χ4n) is 3.46. The fourth-order valence-corrected chi connectivity index (χ4v) is 3.46. The van der Waals surface area contributed by atoms with E-state index >= 15 is 0 Å². The van der Waals surface area contributed by atoms with Gasteiger partial charge in [-0.05, 0) is 37.6 Å². The van der Waals surface area contributed by atoms with Gasteiger partial charge in [0.1, 0.15) is 0 Å². The zero-order valence-corrected chi connectivity index (χ0v) is 13.5. The molecule has 3 nitrogen and oxygen atoms in total. The van der Waals surface area contributed by atoms with Crippen molar-refractivity contribution in [3.05, 3.63) is 0 Å². The van der Waals surface area contributed by atoms with Gasteiger partial charge in [0, 0.05) is 12.5 Å². The second-order valence-corrected chi connectivity index (χ2v) is 6.64. The Kier molecular flexibility index (Phi) is 8.20. The first-order chi connectivity index (χ1) is 9.65. The highest BCUT2D eigenvalue weighted by atomic mass is 16.1. The summed E-state index contributed by atoms with van der Waals surface area (Å²) >= 11 is 0. The van der Waals surface area contributed by atoms with Crippen LogP contribution in [0, 0.1) is 5.41 Å². The van der Waals surface area contributed by atoms with Crippen LogP contribution in [-0.4, -0.2) is 18.5 Å². The average Bonchev–Trinajstić information content (AvgIpc) is 2.46. The number of carbonyl (C=O) groups is 1. The molecule has 0 saturated heterocycles. The van der Waals surface area contributed by atoms with Gasteiger partial charge in [0.25, 0.3) is 0 Å². The molecule has 0 bridgehead atoms. The summed E-state index contributed by atoms with van der Waals surface area (Å²) in [4.78, 5) is 12.4. The highest BCUT2D eigenvalue weighted by molar-refractivity contribution is 5.77. The Labute approximate surface area is 125 Å². The summed E-state index contributed by atoms with van der Waals surface area (Å²) in [6, 6.07) is 0.367. The maximum atomic E-state index is 12.4. The second kappa shape index (κ2) is 9.38. The Balaban J connectivity index is 2.46. The third kappa shape index (κ3) is 5.82. The summed E-state index contributed by atoms with van der Waals surface area (Å²) in [5.74, 6) is 0.229. The first-order valence-corrected chi connectivity index (χ1v) is 8.65. The van der Waals surface area contributed by atoms with Crippen molar-refractivity contribution in [1.82, 2.24) is 5.32 Å². The summed E-state index contributed by atoms with van der Waals surface area (Å²) in [7, 11) is 0. The largest absolute Gasteiger partial charge is 0.353 e. The molecule has 1 rings (SSSR count). The minimum absolute atomic E-state index is 0.0872. The molecular formula is C17H34N2O. The standard InChI is InChI=1S/C17H34N2O/c1-3-5-10-15(9-4-2)19-16(20)13-17(14-18)11-7-6-8-12-17/h15H,3-14,18H2,1-2H3,(H,19,20). The Morgan fingerprint density at radius 3 is 2.40 bits per heavy atom. The molecule has 0 radical (unpaired) electrons. The van der Waals surface area contributed by atoms with E-state index < -0.39 is 0 Å². The molecule has 0 heterocycles. The van der Waals surface area contributed by atoms with Gasteiger partial charge in [-0.1, -0.05) is 52.4 Å². The van der Waals surface area contributed by atoms with Crippen LogP contribution in [0.1, 0.15) is 84.5 Å². The van der Waals surface area contributed by atoms with Gasteiger partial charge in [0.15, 0.2) is 0 Å². The molecule has 20 heavy (non-hydrogen) atoms. The number of nitrogens with one attached hydrogen (secondary N) is 1. The topological polar surface area (TPSA) is 55.1 Å². The predicted octanol–water partition coefficient (Wildman–Crippen LogP) is 3.76. The van der Waals surface area contributed by atoms with Crippen molar-refractivity contribution in [3.63, 3.8) is 0 Å². The molecule has 3 heteroatoms. The second-order valence-electron chi connectivity index (χ2n) is 6.64. The molecule has 0 aliphatic heterocycles. The Bertz CT molecular complexity index is 272. The Morgan fingerprint density at radius 1 is 1.15 bits per heavy atom. The fraction of sp³-hybridized carbons (Fsp3) is 0.941. The molecule has 1 atom stereocenters. The highest BCUT2D eigenvalue weighted by Crippen LogP contribution is 2.38. The summed E-state index contributed by atoms with van der Waals surface area (Å²) in [6.45, 7) is 5.05. The van der Waals surface area contributed by atoms with Gasteiger partial charge in [0.2, 0.25) is 5.91 Å². The number of unbranched alkanes of at least 4 members (excludes halogenated alkanes) is 1. The van der Waals surface area contributed by atoms with Crippen LogP contribution >= 0.6 is 0 Å². The first-order valence-electron chi connectivity index (χ1n) is 8.65. The summed E-state index contributed by atoms with van der Waals surface area (Å²) in [6.07, 6.45) is 12.4. The maximum Gasteiger partial charge on any atom is 0.220 e. The number of amides is 1. The van der Waals surface area contributed by atoms with Crippen LogP contribution in [0.25, 0.3) is 0 Å². The van der Waals surface area contributed by atoms with Crippen LogP contribution in [0.15, 0.2) is 0 Å². The van der Waals surface area contributed by atoms with Crippen molar-refractivity contribution >= 4 is 5.91 Å². The predicted molar refractivity (Wildman–Crippen MR) is 85.6 cm³/mol. The summed E-state index contributed by atoms with van der Waals surface area (Å²) < 4.78 is 0. The molecule has 1 aliphatic carbocycles. The van der Waals surface area contributed by atoms with Crippen molar-refractivity contribution < 1.29 is 4.79 Å². The number of nitrogens with two attached hydrogens (primary N) is 1. The van der Waals surface area contributed by atoms with E-state index in [0.29, 0.717) is 19.0 Å². The van der Waals surface area contributed by atoms with E-state index in [9.17, 15) is 4.79 Å². The molecule has 1 saturated carbocycles. The van der Waals surface area contributed by atoms with Crippen molar-refractivity contribution in [3.8, 4) is 0 Å². The van der Waals surface area contributed by atoms with Crippen molar-refractivity contribution in [2.24, 2.45) is 11.1 Å². The molecule has 3 N–H and O–H groups in total. The zero-order chi connectivity index (χ0) is 14.8. The highest BCUT2D eigenvalue weighted by Gasteiger charge is 2.33. The third-order valence-electron chi connectivity index (χ3n) is 4.79. The van der Waals surface area contributed by atoms with E-state index in [-0.39, 0.29) is 11.3 Å². The molecular weight excluding hydrogens is 248 g/mol. The van der Waals surface area contributed by atoms with E-state index in [1.165, 1.54) is 32.1 Å². The molecule has 118 valence electrons. The monoisotopic (exact) mass is 282 g/mol. The van der Waals surface area contributed by atoms with Crippen LogP contribution in [0.5, 0.6) is 0 Å².